The molecule has 8 heteroatoms. The van der Waals surface area contributed by atoms with E-state index in [9.17, 15) is 4.39 Å². The Hall–Kier alpha value is -2.28. The van der Waals surface area contributed by atoms with Crippen LogP contribution in [0.3, 0.4) is 0 Å². The molecular weight excluding hydrogens is 271 g/mol. The molecule has 0 aliphatic rings. The van der Waals surface area contributed by atoms with Gasteiger partial charge in [-0.1, -0.05) is 11.6 Å². The molecule has 0 fully saturated rings. The second-order valence-corrected chi connectivity index (χ2v) is 4.29. The van der Waals surface area contributed by atoms with Crippen LogP contribution in [0.4, 0.5) is 4.39 Å². The van der Waals surface area contributed by atoms with Crippen molar-refractivity contribution in [2.75, 3.05) is 0 Å². The highest BCUT2D eigenvalue weighted by molar-refractivity contribution is 6.31. The molecule has 0 radical (unpaired) electrons. The number of hydrogen-bond donors (Lipinski definition) is 2. The van der Waals surface area contributed by atoms with Gasteiger partial charge in [0.25, 0.3) is 0 Å². The van der Waals surface area contributed by atoms with Crippen molar-refractivity contribution >= 4 is 22.8 Å². The fourth-order valence-corrected chi connectivity index (χ4v) is 1.99. The summed E-state index contributed by atoms with van der Waals surface area (Å²) in [5.74, 6) is -0.626. The SMILES string of the molecule is N=c1ncn(Cc2c(Cl)ccnc2F)c2nc[nH]c12. The Balaban J connectivity index is 2.14. The van der Waals surface area contributed by atoms with Gasteiger partial charge in [0, 0.05) is 11.8 Å². The third-order valence-electron chi connectivity index (χ3n) is 2.73. The molecule has 0 aromatic carbocycles. The van der Waals surface area contributed by atoms with Crippen molar-refractivity contribution in [1.29, 1.82) is 5.41 Å². The van der Waals surface area contributed by atoms with Crippen LogP contribution in [-0.4, -0.2) is 24.5 Å². The Morgan fingerprint density at radius 3 is 3.00 bits per heavy atom. The number of halogens is 2. The molecule has 6 nitrogen and oxygen atoms in total. The highest BCUT2D eigenvalue weighted by atomic mass is 35.5. The van der Waals surface area contributed by atoms with Crippen molar-refractivity contribution in [3.05, 3.63) is 46.9 Å². The number of aromatic amines is 1. The maximum Gasteiger partial charge on any atom is 0.219 e. The average molecular weight is 279 g/mol. The van der Waals surface area contributed by atoms with E-state index >= 15 is 0 Å². The molecule has 0 amide bonds. The lowest BCUT2D eigenvalue weighted by Gasteiger charge is -2.08. The number of imidazole rings is 1. The van der Waals surface area contributed by atoms with Crippen molar-refractivity contribution in [2.45, 2.75) is 6.54 Å². The van der Waals surface area contributed by atoms with Crippen LogP contribution >= 0.6 is 11.6 Å². The largest absolute Gasteiger partial charge is 0.340 e. The highest BCUT2D eigenvalue weighted by Crippen LogP contribution is 2.19. The van der Waals surface area contributed by atoms with Crippen LogP contribution in [0.25, 0.3) is 11.2 Å². The molecule has 3 aromatic heterocycles. The molecule has 2 N–H and O–H groups in total. The van der Waals surface area contributed by atoms with E-state index in [2.05, 4.69) is 19.9 Å². The second-order valence-electron chi connectivity index (χ2n) is 3.88. The Kier molecular flexibility index (Phi) is 2.75. The van der Waals surface area contributed by atoms with Gasteiger partial charge in [-0.15, -0.1) is 0 Å². The van der Waals surface area contributed by atoms with Crippen LogP contribution in [0, 0.1) is 11.4 Å². The van der Waals surface area contributed by atoms with Gasteiger partial charge in [-0.2, -0.15) is 4.39 Å². The first-order chi connectivity index (χ1) is 9.16. The lowest BCUT2D eigenvalue weighted by molar-refractivity contribution is 0.559. The van der Waals surface area contributed by atoms with Crippen LogP contribution in [0.2, 0.25) is 5.02 Å². The van der Waals surface area contributed by atoms with Crippen molar-refractivity contribution in [3.8, 4) is 0 Å². The fourth-order valence-electron chi connectivity index (χ4n) is 1.80. The van der Waals surface area contributed by atoms with Crippen molar-refractivity contribution in [2.24, 2.45) is 0 Å². The van der Waals surface area contributed by atoms with Gasteiger partial charge in [-0.3, -0.25) is 5.41 Å². The smallest absolute Gasteiger partial charge is 0.219 e. The van der Waals surface area contributed by atoms with Gasteiger partial charge < -0.3 is 9.55 Å². The molecular formula is C11H8ClFN6. The summed E-state index contributed by atoms with van der Waals surface area (Å²) in [6.45, 7) is 0.146. The third kappa shape index (κ3) is 1.97. The Bertz CT molecular complexity index is 788. The molecule has 0 saturated heterocycles. The van der Waals surface area contributed by atoms with Crippen LogP contribution in [0.5, 0.6) is 0 Å². The zero-order valence-electron chi connectivity index (χ0n) is 9.56. The number of nitrogens with zero attached hydrogens (tertiary/aromatic N) is 4. The number of fused-ring (bicyclic) bond motifs is 1. The van der Waals surface area contributed by atoms with Gasteiger partial charge in [-0.25, -0.2) is 15.0 Å². The van der Waals surface area contributed by atoms with Gasteiger partial charge >= 0.3 is 0 Å². The van der Waals surface area contributed by atoms with E-state index in [1.165, 1.54) is 24.9 Å². The Morgan fingerprint density at radius 1 is 1.37 bits per heavy atom. The minimum Gasteiger partial charge on any atom is -0.340 e. The van der Waals surface area contributed by atoms with Gasteiger partial charge in [0.1, 0.15) is 5.52 Å². The molecule has 0 aliphatic heterocycles. The van der Waals surface area contributed by atoms with Crippen LogP contribution < -0.4 is 5.49 Å². The number of aromatic nitrogens is 5. The zero-order chi connectivity index (χ0) is 13.4. The average Bonchev–Trinajstić information content (AvgIpc) is 2.87. The molecule has 0 aliphatic carbocycles. The summed E-state index contributed by atoms with van der Waals surface area (Å²) in [4.78, 5) is 14.4. The van der Waals surface area contributed by atoms with Crippen molar-refractivity contribution in [1.82, 2.24) is 24.5 Å². The molecule has 0 atom stereocenters. The first-order valence-electron chi connectivity index (χ1n) is 5.39. The summed E-state index contributed by atoms with van der Waals surface area (Å²) in [5.41, 5.74) is 1.35. The maximum atomic E-state index is 13.6. The number of pyridine rings is 1. The van der Waals surface area contributed by atoms with Crippen molar-refractivity contribution < 1.29 is 4.39 Å². The van der Waals surface area contributed by atoms with E-state index in [1.54, 1.807) is 4.57 Å². The summed E-state index contributed by atoms with van der Waals surface area (Å²) >= 11 is 5.96. The Labute approximate surface area is 111 Å². The summed E-state index contributed by atoms with van der Waals surface area (Å²) in [6.07, 6.45) is 4.19. The lowest BCUT2D eigenvalue weighted by Crippen LogP contribution is -2.14. The lowest BCUT2D eigenvalue weighted by atomic mass is 10.2. The quantitative estimate of drug-likeness (QED) is 0.696. The summed E-state index contributed by atoms with van der Waals surface area (Å²) in [5, 5.41) is 7.92. The maximum absolute atomic E-state index is 13.6. The predicted molar refractivity (Wildman–Crippen MR) is 66.0 cm³/mol. The number of nitrogens with one attached hydrogen (secondary N) is 2. The van der Waals surface area contributed by atoms with E-state index < -0.39 is 5.95 Å². The normalized spacial score (nSPS) is 11.1. The minimum absolute atomic E-state index is 0.0847. The highest BCUT2D eigenvalue weighted by Gasteiger charge is 2.11. The minimum atomic E-state index is -0.626. The standard InChI is InChI=1S/C11H8ClFN6/c12-7-1-2-15-9(13)6(7)3-19-5-18-10(14)8-11(19)17-4-16-8/h1-2,4-5,14H,3H2,(H,16,17). The molecule has 19 heavy (non-hydrogen) atoms. The zero-order valence-corrected chi connectivity index (χ0v) is 10.3. The first kappa shape index (κ1) is 11.8. The summed E-state index contributed by atoms with van der Waals surface area (Å²) < 4.78 is 15.3. The Morgan fingerprint density at radius 2 is 2.21 bits per heavy atom. The first-order valence-corrected chi connectivity index (χ1v) is 5.76. The summed E-state index contributed by atoms with van der Waals surface area (Å²) in [7, 11) is 0. The van der Waals surface area contributed by atoms with E-state index in [0.717, 1.165) is 0 Å². The number of rotatable bonds is 2. The topological polar surface area (TPSA) is 83.2 Å². The fraction of sp³-hybridized carbons (Fsp3) is 0.0909. The van der Waals surface area contributed by atoms with Crippen LogP contribution in [-0.2, 0) is 6.54 Å². The van der Waals surface area contributed by atoms with Gasteiger partial charge in [-0.05, 0) is 6.07 Å². The van der Waals surface area contributed by atoms with E-state index in [1.807, 2.05) is 0 Å². The van der Waals surface area contributed by atoms with Crippen molar-refractivity contribution in [3.63, 3.8) is 0 Å². The number of H-pyrrole nitrogens is 1. The van der Waals surface area contributed by atoms with Crippen LogP contribution in [0.15, 0.2) is 24.9 Å². The van der Waals surface area contributed by atoms with Crippen LogP contribution in [0.1, 0.15) is 5.56 Å². The summed E-state index contributed by atoms with van der Waals surface area (Å²) in [6, 6.07) is 1.52. The number of hydrogen-bond acceptors (Lipinski definition) is 4. The van der Waals surface area contributed by atoms with E-state index in [-0.39, 0.29) is 17.6 Å². The monoisotopic (exact) mass is 278 g/mol. The van der Waals surface area contributed by atoms with Gasteiger partial charge in [0.15, 0.2) is 11.1 Å². The molecule has 3 rings (SSSR count). The third-order valence-corrected chi connectivity index (χ3v) is 3.08. The predicted octanol–water partition coefficient (Wildman–Crippen LogP) is 1.47. The van der Waals surface area contributed by atoms with E-state index in [0.29, 0.717) is 16.2 Å². The van der Waals surface area contributed by atoms with E-state index in [4.69, 9.17) is 17.0 Å². The molecule has 0 bridgehead atoms. The van der Waals surface area contributed by atoms with Gasteiger partial charge in [0.05, 0.1) is 24.2 Å². The van der Waals surface area contributed by atoms with Gasteiger partial charge in [0.2, 0.25) is 5.95 Å². The molecule has 0 spiro atoms. The molecule has 3 aromatic rings. The molecule has 0 saturated carbocycles. The molecule has 96 valence electrons. The molecule has 0 unspecified atom stereocenters. The second kappa shape index (κ2) is 4.43. The molecule has 3 heterocycles.